The van der Waals surface area contributed by atoms with Crippen LogP contribution < -0.4 is 4.90 Å². The summed E-state index contributed by atoms with van der Waals surface area (Å²) >= 11 is 0. The molecule has 1 aliphatic heterocycles. The van der Waals surface area contributed by atoms with Gasteiger partial charge in [0.25, 0.3) is 6.47 Å². The molecule has 0 unspecified atom stereocenters. The second-order valence-electron chi connectivity index (χ2n) is 6.81. The molecule has 1 saturated heterocycles. The van der Waals surface area contributed by atoms with Gasteiger partial charge in [-0.3, -0.25) is 19.2 Å². The number of nitrogens with zero attached hydrogens (tertiary/aromatic N) is 5. The Morgan fingerprint density at radius 1 is 1.03 bits per heavy atom. The first-order valence-electron chi connectivity index (χ1n) is 9.39. The number of piperidine rings is 1. The molecule has 0 spiro atoms. The van der Waals surface area contributed by atoms with Gasteiger partial charge >= 0.3 is 0 Å². The molecule has 0 aliphatic carbocycles. The number of para-hydroxylation sites is 1. The zero-order chi connectivity index (χ0) is 20.2. The van der Waals surface area contributed by atoms with Crippen LogP contribution in [0.2, 0.25) is 0 Å². The highest BCUT2D eigenvalue weighted by Crippen LogP contribution is 2.31. The van der Waals surface area contributed by atoms with E-state index >= 15 is 0 Å². The lowest BCUT2D eigenvalue weighted by atomic mass is 10.1. The van der Waals surface area contributed by atoms with Gasteiger partial charge in [0.2, 0.25) is 0 Å². The number of carbonyl (C=O) groups is 1. The molecule has 29 heavy (non-hydrogen) atoms. The maximum Gasteiger partial charge on any atom is 0.290 e. The SMILES string of the molecule is O=CO.OC1CCN(c2cncc3ncc(-c4cccc5cccnc45)n23)CC1. The number of benzene rings is 1. The molecule has 4 heterocycles. The number of aliphatic hydroxyl groups is 1. The largest absolute Gasteiger partial charge is 0.483 e. The zero-order valence-electron chi connectivity index (χ0n) is 15.7. The van der Waals surface area contributed by atoms with Crippen molar-refractivity contribution in [2.24, 2.45) is 0 Å². The van der Waals surface area contributed by atoms with Gasteiger partial charge < -0.3 is 15.1 Å². The van der Waals surface area contributed by atoms with E-state index < -0.39 is 0 Å². The predicted octanol–water partition coefficient (Wildman–Crippen LogP) is 2.61. The van der Waals surface area contributed by atoms with E-state index in [2.05, 4.69) is 48.5 Å². The third-order valence-corrected chi connectivity index (χ3v) is 5.10. The van der Waals surface area contributed by atoms with Crippen molar-refractivity contribution < 1.29 is 15.0 Å². The number of carboxylic acid groups (broad SMARTS) is 1. The Kier molecular flexibility index (Phi) is 5.35. The smallest absolute Gasteiger partial charge is 0.290 e. The van der Waals surface area contributed by atoms with Crippen molar-refractivity contribution in [3.8, 4) is 11.3 Å². The molecular weight excluding hydrogens is 370 g/mol. The molecule has 0 bridgehead atoms. The van der Waals surface area contributed by atoms with Gasteiger partial charge in [0.15, 0.2) is 5.65 Å². The van der Waals surface area contributed by atoms with Crippen molar-refractivity contribution in [3.63, 3.8) is 0 Å². The van der Waals surface area contributed by atoms with Crippen LogP contribution in [0.15, 0.2) is 55.1 Å². The second-order valence-corrected chi connectivity index (χ2v) is 6.81. The lowest BCUT2D eigenvalue weighted by Crippen LogP contribution is -2.36. The highest BCUT2D eigenvalue weighted by atomic mass is 16.3. The zero-order valence-corrected chi connectivity index (χ0v) is 15.7. The molecule has 0 atom stereocenters. The van der Waals surface area contributed by atoms with Gasteiger partial charge in [-0.15, -0.1) is 0 Å². The Morgan fingerprint density at radius 3 is 2.59 bits per heavy atom. The number of fused-ring (bicyclic) bond motifs is 2. The molecule has 0 saturated carbocycles. The Hall–Kier alpha value is -3.52. The normalized spacial score (nSPS) is 14.6. The van der Waals surface area contributed by atoms with Crippen LogP contribution in [0.3, 0.4) is 0 Å². The molecule has 2 N–H and O–H groups in total. The summed E-state index contributed by atoms with van der Waals surface area (Å²) in [6.07, 6.45) is 8.72. The second kappa shape index (κ2) is 8.24. The Morgan fingerprint density at radius 2 is 1.79 bits per heavy atom. The van der Waals surface area contributed by atoms with Crippen LogP contribution in [0.5, 0.6) is 0 Å². The fourth-order valence-electron chi connectivity index (χ4n) is 3.75. The molecule has 8 heteroatoms. The summed E-state index contributed by atoms with van der Waals surface area (Å²) < 4.78 is 2.15. The van der Waals surface area contributed by atoms with Crippen molar-refractivity contribution in [2.75, 3.05) is 18.0 Å². The third-order valence-electron chi connectivity index (χ3n) is 5.10. The minimum Gasteiger partial charge on any atom is -0.483 e. The van der Waals surface area contributed by atoms with Gasteiger partial charge in [0.05, 0.1) is 35.9 Å². The molecule has 3 aromatic heterocycles. The van der Waals surface area contributed by atoms with Gasteiger partial charge in [-0.25, -0.2) is 4.98 Å². The third kappa shape index (κ3) is 3.62. The van der Waals surface area contributed by atoms with Crippen LogP contribution in [0.4, 0.5) is 5.82 Å². The lowest BCUT2D eigenvalue weighted by Gasteiger charge is -2.31. The molecule has 4 aromatic rings. The van der Waals surface area contributed by atoms with Crippen LogP contribution in [0, 0.1) is 0 Å². The summed E-state index contributed by atoms with van der Waals surface area (Å²) in [4.78, 5) is 24.2. The summed E-state index contributed by atoms with van der Waals surface area (Å²) in [5.74, 6) is 1.01. The highest BCUT2D eigenvalue weighted by Gasteiger charge is 2.21. The standard InChI is InChI=1S/C20H19N5O.CH2O2/c26-15-6-9-24(10-7-15)19-13-21-12-18-23-11-17(25(18)19)16-5-1-3-14-4-2-8-22-20(14)16;2-1-3/h1-5,8,11-13,15,26H,6-7,9-10H2;1H,(H,2,3). The van der Waals surface area contributed by atoms with Crippen molar-refractivity contribution in [1.29, 1.82) is 0 Å². The number of anilines is 1. The first-order valence-corrected chi connectivity index (χ1v) is 9.39. The predicted molar refractivity (Wildman–Crippen MR) is 110 cm³/mol. The van der Waals surface area contributed by atoms with Crippen LogP contribution in [0.25, 0.3) is 27.8 Å². The van der Waals surface area contributed by atoms with E-state index in [1.165, 1.54) is 0 Å². The van der Waals surface area contributed by atoms with Gasteiger partial charge in [-0.2, -0.15) is 0 Å². The van der Waals surface area contributed by atoms with E-state index in [4.69, 9.17) is 9.90 Å². The minimum absolute atomic E-state index is 0.206. The number of hydrogen-bond donors (Lipinski definition) is 2. The first kappa shape index (κ1) is 18.8. The molecule has 1 aliphatic rings. The summed E-state index contributed by atoms with van der Waals surface area (Å²) in [5, 5.41) is 17.8. The lowest BCUT2D eigenvalue weighted by molar-refractivity contribution is -0.122. The fraction of sp³-hybridized carbons (Fsp3) is 0.238. The van der Waals surface area contributed by atoms with Crippen LogP contribution >= 0.6 is 0 Å². The number of hydrogen-bond acceptors (Lipinski definition) is 6. The van der Waals surface area contributed by atoms with Crippen LogP contribution in [0.1, 0.15) is 12.8 Å². The maximum atomic E-state index is 9.83. The molecule has 1 fully saturated rings. The van der Waals surface area contributed by atoms with Gasteiger partial charge in [-0.1, -0.05) is 24.3 Å². The monoisotopic (exact) mass is 391 g/mol. The Labute approximate surface area is 167 Å². The number of rotatable bonds is 2. The molecule has 148 valence electrons. The highest BCUT2D eigenvalue weighted by molar-refractivity contribution is 5.93. The van der Waals surface area contributed by atoms with E-state index in [0.717, 1.165) is 59.6 Å². The topological polar surface area (TPSA) is 104 Å². The molecule has 8 nitrogen and oxygen atoms in total. The van der Waals surface area contributed by atoms with Gasteiger partial charge in [0.1, 0.15) is 5.82 Å². The van der Waals surface area contributed by atoms with Gasteiger partial charge in [0, 0.05) is 30.2 Å². The van der Waals surface area contributed by atoms with E-state index in [9.17, 15) is 5.11 Å². The Bertz CT molecular complexity index is 1130. The number of pyridine rings is 1. The molecular formula is C21H21N5O3. The minimum atomic E-state index is -0.250. The molecule has 0 radical (unpaired) electrons. The molecule has 0 amide bonds. The van der Waals surface area contributed by atoms with Gasteiger partial charge in [-0.05, 0) is 18.9 Å². The summed E-state index contributed by atoms with van der Waals surface area (Å²) in [6, 6.07) is 10.2. The van der Waals surface area contributed by atoms with E-state index in [1.807, 2.05) is 24.7 Å². The van der Waals surface area contributed by atoms with Crippen molar-refractivity contribution >= 4 is 28.8 Å². The van der Waals surface area contributed by atoms with Crippen LogP contribution in [-0.4, -0.2) is 55.2 Å². The first-order chi connectivity index (χ1) is 14.2. The average Bonchev–Trinajstić information content (AvgIpc) is 3.19. The number of aromatic nitrogens is 4. The number of aliphatic hydroxyl groups excluding tert-OH is 1. The van der Waals surface area contributed by atoms with Crippen molar-refractivity contribution in [1.82, 2.24) is 19.4 Å². The fourth-order valence-corrected chi connectivity index (χ4v) is 3.75. The maximum absolute atomic E-state index is 9.83. The number of imidazole rings is 1. The van der Waals surface area contributed by atoms with Crippen molar-refractivity contribution in [2.45, 2.75) is 18.9 Å². The van der Waals surface area contributed by atoms with E-state index in [1.54, 1.807) is 6.20 Å². The van der Waals surface area contributed by atoms with Crippen molar-refractivity contribution in [3.05, 3.63) is 55.1 Å². The van der Waals surface area contributed by atoms with E-state index in [-0.39, 0.29) is 12.6 Å². The molecule has 5 rings (SSSR count). The van der Waals surface area contributed by atoms with E-state index in [0.29, 0.717) is 0 Å². The molecule has 1 aromatic carbocycles. The summed E-state index contributed by atoms with van der Waals surface area (Å²) in [7, 11) is 0. The summed E-state index contributed by atoms with van der Waals surface area (Å²) in [6.45, 7) is 1.38. The van der Waals surface area contributed by atoms with Crippen LogP contribution in [-0.2, 0) is 4.79 Å². The summed E-state index contributed by atoms with van der Waals surface area (Å²) in [5.41, 5.74) is 3.85. The Balaban J connectivity index is 0.000000645. The quantitative estimate of drug-likeness (QED) is 0.506. The average molecular weight is 391 g/mol.